The van der Waals surface area contributed by atoms with Crippen LogP contribution in [0.2, 0.25) is 0 Å². The third-order valence-electron chi connectivity index (χ3n) is 10.3. The van der Waals surface area contributed by atoms with Crippen LogP contribution >= 0.6 is 0 Å². The molecule has 13 radical (unpaired) electrons. The van der Waals surface area contributed by atoms with Crippen LogP contribution in [0.1, 0.15) is 389 Å². The average Bonchev–Trinajstić information content (AvgIpc) is 1.13. The van der Waals surface area contributed by atoms with E-state index in [1.807, 2.05) is 241 Å². The summed E-state index contributed by atoms with van der Waals surface area (Å²) in [5.41, 5.74) is 4.75. The summed E-state index contributed by atoms with van der Waals surface area (Å²) in [5, 5.41) is 0. The number of hydrogen-bond acceptors (Lipinski definition) is 4. The van der Waals surface area contributed by atoms with Crippen LogP contribution < -0.4 is 0 Å². The Morgan fingerprint density at radius 2 is 0.548 bits per heavy atom. The molecular formula is C109H220N4Y13-26. The number of hydrogen-bond donors (Lipinski definition) is 0. The van der Waals surface area contributed by atoms with E-state index < -0.39 is 0 Å². The molecule has 2 saturated heterocycles. The van der Waals surface area contributed by atoms with Gasteiger partial charge in [-0.1, -0.05) is 238 Å². The largest absolute Gasteiger partial charge is 0.536 e. The summed E-state index contributed by atoms with van der Waals surface area (Å²) in [6, 6.07) is 30.1. The minimum atomic E-state index is 0. The molecule has 126 heavy (non-hydrogen) atoms. The predicted octanol–water partition coefficient (Wildman–Crippen LogP) is 36.9. The summed E-state index contributed by atoms with van der Waals surface area (Å²) in [5.74, 6) is 0. The van der Waals surface area contributed by atoms with Crippen molar-refractivity contribution in [3.63, 3.8) is 0 Å². The van der Waals surface area contributed by atoms with E-state index in [4.69, 9.17) is 13.3 Å². The van der Waals surface area contributed by atoms with Gasteiger partial charge in [-0.3, -0.25) is 6.08 Å². The minimum absolute atomic E-state index is 0. The molecule has 2 fully saturated rings. The molecule has 3 aromatic rings. The van der Waals surface area contributed by atoms with Crippen molar-refractivity contribution in [2.45, 2.75) is 386 Å². The van der Waals surface area contributed by atoms with Crippen LogP contribution in [0.25, 0.3) is 0 Å². The Balaban J connectivity index is -0.0000000189. The number of nitrogens with zero attached hydrogens (tertiary/aromatic N) is 4. The molecule has 2 heterocycles. The van der Waals surface area contributed by atoms with Gasteiger partial charge in [0, 0.05) is 425 Å². The van der Waals surface area contributed by atoms with Gasteiger partial charge < -0.3 is 185 Å². The molecule has 741 valence electrons. The fourth-order valence-corrected chi connectivity index (χ4v) is 5.36. The Morgan fingerprint density at radius 3 is 0.675 bits per heavy atom. The normalized spacial score (nSPS) is 8.29. The molecule has 4 nitrogen and oxygen atoms in total. The molecule has 0 saturated carbocycles. The number of unbranched alkanes of at least 4 members (excludes halogenated alkanes) is 11. The number of allylic oxidation sites excluding steroid dienone is 1. The molecule has 3 aromatic carbocycles. The number of rotatable bonds is 19. The molecule has 2 aliphatic heterocycles. The Hall–Kier alpha value is 10.9. The van der Waals surface area contributed by atoms with Crippen molar-refractivity contribution in [3.05, 3.63) is 265 Å². The molecule has 0 bridgehead atoms. The van der Waals surface area contributed by atoms with Gasteiger partial charge in [-0.2, -0.15) is 160 Å². The summed E-state index contributed by atoms with van der Waals surface area (Å²) in [7, 11) is 4.41. The van der Waals surface area contributed by atoms with Crippen LogP contribution in [0, 0.1) is 164 Å². The second-order valence-corrected chi connectivity index (χ2v) is 18.8. The van der Waals surface area contributed by atoms with Crippen LogP contribution in [0.3, 0.4) is 0 Å². The van der Waals surface area contributed by atoms with Gasteiger partial charge in [-0.25, -0.2) is 44.9 Å². The van der Waals surface area contributed by atoms with Gasteiger partial charge in [0.15, 0.2) is 0 Å². The number of piperidine rings is 1. The number of likely N-dealkylation sites (tertiary alicyclic amines) is 2. The maximum atomic E-state index is 4.97. The Bertz CT molecular complexity index is 1460. The zero-order valence-electron chi connectivity index (χ0n) is 90.5. The van der Waals surface area contributed by atoms with Gasteiger partial charge in [0.1, 0.15) is 0 Å². The molecule has 0 aliphatic carbocycles. The van der Waals surface area contributed by atoms with Crippen molar-refractivity contribution < 1.29 is 425 Å². The first-order valence-electron chi connectivity index (χ1n) is 44.9. The van der Waals surface area contributed by atoms with Gasteiger partial charge >= 0.3 is 0 Å². The molecule has 5 rings (SSSR count). The van der Waals surface area contributed by atoms with E-state index in [9.17, 15) is 0 Å². The minimum Gasteiger partial charge on any atom is -0.536 e. The van der Waals surface area contributed by atoms with E-state index in [0.29, 0.717) is 13.1 Å². The van der Waals surface area contributed by atoms with Gasteiger partial charge in [-0.15, -0.1) is 31.5 Å². The van der Waals surface area contributed by atoms with Crippen LogP contribution in [-0.2, 0) is 444 Å². The topological polar surface area (TPSA) is 31.2 Å². The zero-order valence-corrected chi connectivity index (χ0v) is 127. The van der Waals surface area contributed by atoms with Gasteiger partial charge in [-0.05, 0) is 72.5 Å². The van der Waals surface area contributed by atoms with Crippen molar-refractivity contribution in [2.75, 3.05) is 53.4 Å². The van der Waals surface area contributed by atoms with Gasteiger partial charge in [0.25, 0.3) is 0 Å². The van der Waals surface area contributed by atoms with Crippen LogP contribution in [0.15, 0.2) is 88.9 Å². The standard InChI is InChI=1S/2C9H10.C8H8.C7H15N.C6H13N.C6H12.2C5H10.C5H8.C4H7N.3C4H8.C3H5N.C3H6.13C2H6.CH4.13Y/c1-3-9-7-5-4-6-8(9)2;1-2-6-9-7-4-3-5-8-9;1-2-8-6-4-3-5-7-8;1-8-6-4-2-3-5-7-8;1-7-5-3-2-4-6-7;1-3-5-6-4-2;3*1-3-5-4-2;1-3-4-5-2;4*1-3-4-2;1-3-2;13*1-2;;;;;;;;;;;;;;/h4-7H,1-3H2;3-5,7H,1-2,6H2;3-6H,1-2H2;2-7H2,1H3;2-6H2,1H3;1-6H2;2*1-5H2;1,3H,2,4-5H2;2H,1,3-4H2;3*1-4H2;2H,1,3H2;1-3H2;13*1-2H3;1H4;;;;;;;;;;;;;/q3*-2;;;10*-2;;;;;;;;;;;;;;;;;;;;;;;;;;;. The summed E-state index contributed by atoms with van der Waals surface area (Å²) in [6.07, 6.45) is 35.5. The fourth-order valence-electron chi connectivity index (χ4n) is 5.36. The monoisotopic (exact) mass is 2740 g/mol. The van der Waals surface area contributed by atoms with Crippen molar-refractivity contribution in [2.24, 2.45) is 9.98 Å². The SMILES string of the molecule is C.CC.CC.CC.CC.CC.CC.CC.CC.CC.CC.CC.CC.CC.CN1CCCCC1.CN1CCCCCC1.[CH-]=CCC[CH2-].[CH-]=NCC[CH2-].[CH-]=NC[CH2-].[CH2-]CCCC[CH2-].[CH2-]CCC[CH2-].[CH2-]CCC[CH2-].[CH2-]CC[CH2-].[CH2-]CC[CH2-].[CH2-]CC[CH2-].[CH2-]CCc1[c-]cccc1.[CH2-]C[CH2-].[CH2-]Cc1[c-]cccc1.[CH2-]Cc1ccccc1[CH2-].[Y].[Y].[Y].[Y].[Y].[Y].[Y].[Y].[Y].[Y].[Y].[Y].[Y]. The predicted molar refractivity (Wildman–Crippen MR) is 554 cm³/mol. The molecule has 0 atom stereocenters. The van der Waals surface area contributed by atoms with E-state index in [1.54, 1.807) is 6.08 Å². The Kier molecular flexibility index (Phi) is 724. The van der Waals surface area contributed by atoms with E-state index in [1.165, 1.54) is 113 Å². The summed E-state index contributed by atoms with van der Waals surface area (Å²) >= 11 is 0. The maximum absolute atomic E-state index is 4.97. The van der Waals surface area contributed by atoms with E-state index >= 15 is 0 Å². The molecule has 0 spiro atoms. The van der Waals surface area contributed by atoms with Crippen molar-refractivity contribution in [1.82, 2.24) is 9.80 Å². The molecule has 0 unspecified atom stereocenters. The number of aryl methyl sites for hydroxylation is 1. The van der Waals surface area contributed by atoms with E-state index in [2.05, 4.69) is 210 Å². The zero-order chi connectivity index (χ0) is 93.6. The molecule has 0 aromatic heterocycles. The summed E-state index contributed by atoms with van der Waals surface area (Å²) < 4.78 is 0. The van der Waals surface area contributed by atoms with E-state index in [-0.39, 0.29) is 433 Å². The first-order chi connectivity index (χ1) is 54.6. The first kappa shape index (κ1) is 253. The first-order valence-corrected chi connectivity index (χ1v) is 44.9. The van der Waals surface area contributed by atoms with Crippen molar-refractivity contribution >= 4 is 13.4 Å². The number of benzene rings is 3. The molecule has 2 aliphatic rings. The third kappa shape index (κ3) is 409. The average molecular weight is 2740 g/mol. The van der Waals surface area contributed by atoms with Crippen molar-refractivity contribution in [1.29, 1.82) is 0 Å². The fraction of sp³-hybridized carbons (Fsp3) is 0.606. The van der Waals surface area contributed by atoms with Crippen LogP contribution in [-0.4, -0.2) is 76.6 Å². The Labute approximate surface area is 1140 Å². The van der Waals surface area contributed by atoms with Gasteiger partial charge in [0.05, 0.1) is 0 Å². The number of aliphatic imine (C=N–C) groups is 2. The molecule has 0 amide bonds. The van der Waals surface area contributed by atoms with Crippen LogP contribution in [0.4, 0.5) is 0 Å². The maximum Gasteiger partial charge on any atom is 0 e. The summed E-state index contributed by atoms with van der Waals surface area (Å²) in [4.78, 5) is 11.2. The quantitative estimate of drug-likeness (QED) is 0.0680. The molecule has 0 N–H and O–H groups in total. The van der Waals surface area contributed by atoms with E-state index in [0.717, 1.165) is 134 Å². The van der Waals surface area contributed by atoms with Gasteiger partial charge in [0.2, 0.25) is 0 Å². The second-order valence-electron chi connectivity index (χ2n) is 18.8. The summed E-state index contributed by atoms with van der Waals surface area (Å²) in [6.45, 7) is 148. The van der Waals surface area contributed by atoms with Crippen LogP contribution in [0.5, 0.6) is 0 Å². The smallest absolute Gasteiger partial charge is 0 e. The molecular weight excluding hydrogens is 2520 g/mol. The Morgan fingerprint density at radius 1 is 0.310 bits per heavy atom. The third-order valence-corrected chi connectivity index (χ3v) is 10.3. The second kappa shape index (κ2) is 360. The van der Waals surface area contributed by atoms with Crippen molar-refractivity contribution in [3.8, 4) is 0 Å². The molecule has 17 heteroatoms.